The first kappa shape index (κ1) is 21.2. The molecular weight excluding hydrogens is 368 g/mol. The number of phenolic OH excluding ortho intramolecular Hbond substituents is 1. The summed E-state index contributed by atoms with van der Waals surface area (Å²) in [5.74, 6) is 0.165. The SMILES string of the molecule is CC(C)=CCCC(C)=CCCC1(C)Oc2oc3cc(O)ccc3c(=O)c2CC1O. The Morgan fingerprint density at radius 3 is 2.72 bits per heavy atom. The highest BCUT2D eigenvalue weighted by Crippen LogP contribution is 2.37. The molecule has 0 aliphatic carbocycles. The van der Waals surface area contributed by atoms with Crippen molar-refractivity contribution in [3.8, 4) is 11.7 Å². The molecule has 0 bridgehead atoms. The molecule has 2 heterocycles. The van der Waals surface area contributed by atoms with Crippen LogP contribution in [0.3, 0.4) is 0 Å². The number of ether oxygens (including phenoxy) is 1. The fraction of sp³-hybridized carbons (Fsp3) is 0.458. The van der Waals surface area contributed by atoms with Gasteiger partial charge in [0.15, 0.2) is 5.43 Å². The van der Waals surface area contributed by atoms with Crippen LogP contribution in [0, 0.1) is 0 Å². The van der Waals surface area contributed by atoms with Crippen LogP contribution >= 0.6 is 0 Å². The highest BCUT2D eigenvalue weighted by atomic mass is 16.6. The van der Waals surface area contributed by atoms with Crippen LogP contribution in [0.5, 0.6) is 11.7 Å². The minimum Gasteiger partial charge on any atom is -0.508 e. The third-order valence-electron chi connectivity index (χ3n) is 5.59. The Bertz CT molecular complexity index is 1010. The zero-order valence-corrected chi connectivity index (χ0v) is 17.6. The molecule has 1 aliphatic rings. The maximum absolute atomic E-state index is 12.7. The Morgan fingerprint density at radius 1 is 1.24 bits per heavy atom. The van der Waals surface area contributed by atoms with Crippen molar-refractivity contribution in [3.63, 3.8) is 0 Å². The lowest BCUT2D eigenvalue weighted by Gasteiger charge is -2.38. The largest absolute Gasteiger partial charge is 0.508 e. The van der Waals surface area contributed by atoms with Crippen molar-refractivity contribution in [2.45, 2.75) is 71.5 Å². The molecule has 1 aromatic heterocycles. The van der Waals surface area contributed by atoms with Crippen molar-refractivity contribution in [1.82, 2.24) is 0 Å². The Hall–Kier alpha value is -2.53. The van der Waals surface area contributed by atoms with Crippen LogP contribution in [0.25, 0.3) is 11.0 Å². The molecule has 3 rings (SSSR count). The van der Waals surface area contributed by atoms with E-state index in [2.05, 4.69) is 32.9 Å². The number of phenols is 1. The molecule has 2 N–H and O–H groups in total. The van der Waals surface area contributed by atoms with Gasteiger partial charge in [0.1, 0.15) is 16.9 Å². The summed E-state index contributed by atoms with van der Waals surface area (Å²) in [7, 11) is 0. The fourth-order valence-electron chi connectivity index (χ4n) is 3.66. The van der Waals surface area contributed by atoms with Gasteiger partial charge in [-0.05, 0) is 65.5 Å². The molecule has 2 aromatic rings. The van der Waals surface area contributed by atoms with Crippen molar-refractivity contribution in [3.05, 3.63) is 57.3 Å². The van der Waals surface area contributed by atoms with E-state index in [1.54, 1.807) is 0 Å². The molecule has 2 atom stereocenters. The standard InChI is InChI=1S/C24H30O5/c1-15(2)7-5-8-16(3)9-6-12-24(4)21(26)14-19-22(27)18-11-10-17(25)13-20(18)28-23(19)29-24/h7,9-11,13,21,25-26H,5-6,8,12,14H2,1-4H3. The average molecular weight is 398 g/mol. The number of benzene rings is 1. The van der Waals surface area contributed by atoms with E-state index in [0.717, 1.165) is 19.3 Å². The van der Waals surface area contributed by atoms with E-state index in [0.29, 0.717) is 17.4 Å². The van der Waals surface area contributed by atoms with Crippen molar-refractivity contribution in [1.29, 1.82) is 0 Å². The van der Waals surface area contributed by atoms with Gasteiger partial charge in [-0.2, -0.15) is 0 Å². The number of aliphatic hydroxyl groups excluding tert-OH is 1. The summed E-state index contributed by atoms with van der Waals surface area (Å²) in [6.45, 7) is 8.16. The van der Waals surface area contributed by atoms with Crippen LogP contribution in [0.4, 0.5) is 0 Å². The second-order valence-corrected chi connectivity index (χ2v) is 8.42. The number of allylic oxidation sites excluding steroid dienone is 4. The van der Waals surface area contributed by atoms with Gasteiger partial charge in [0.2, 0.25) is 0 Å². The number of fused-ring (bicyclic) bond motifs is 2. The van der Waals surface area contributed by atoms with Gasteiger partial charge >= 0.3 is 0 Å². The van der Waals surface area contributed by atoms with E-state index in [1.165, 1.54) is 29.3 Å². The number of hydrogen-bond donors (Lipinski definition) is 2. The van der Waals surface area contributed by atoms with Crippen molar-refractivity contribution < 1.29 is 19.4 Å². The summed E-state index contributed by atoms with van der Waals surface area (Å²) < 4.78 is 11.8. The molecule has 29 heavy (non-hydrogen) atoms. The quantitative estimate of drug-likeness (QED) is 0.668. The third-order valence-corrected chi connectivity index (χ3v) is 5.59. The summed E-state index contributed by atoms with van der Waals surface area (Å²) >= 11 is 0. The summed E-state index contributed by atoms with van der Waals surface area (Å²) in [4.78, 5) is 12.7. The minimum atomic E-state index is -0.843. The maximum atomic E-state index is 12.7. The molecule has 5 nitrogen and oxygen atoms in total. The number of aromatic hydroxyl groups is 1. The average Bonchev–Trinajstić information content (AvgIpc) is 2.63. The van der Waals surface area contributed by atoms with E-state index in [9.17, 15) is 15.0 Å². The van der Waals surface area contributed by atoms with E-state index in [-0.39, 0.29) is 29.1 Å². The first-order valence-electron chi connectivity index (χ1n) is 10.1. The smallest absolute Gasteiger partial charge is 0.292 e. The molecule has 156 valence electrons. The van der Waals surface area contributed by atoms with Crippen LogP contribution < -0.4 is 10.2 Å². The van der Waals surface area contributed by atoms with Gasteiger partial charge in [-0.3, -0.25) is 4.79 Å². The predicted molar refractivity (Wildman–Crippen MR) is 115 cm³/mol. The molecule has 0 radical (unpaired) electrons. The van der Waals surface area contributed by atoms with Crippen LogP contribution in [0.2, 0.25) is 0 Å². The maximum Gasteiger partial charge on any atom is 0.292 e. The Labute approximate surface area is 171 Å². The fourth-order valence-corrected chi connectivity index (χ4v) is 3.66. The first-order chi connectivity index (χ1) is 13.7. The minimum absolute atomic E-state index is 0.0212. The molecule has 0 saturated heterocycles. The lowest BCUT2D eigenvalue weighted by atomic mass is 9.86. The molecule has 1 aromatic carbocycles. The van der Waals surface area contributed by atoms with Gasteiger partial charge in [-0.1, -0.05) is 23.3 Å². The predicted octanol–water partition coefficient (Wildman–Crippen LogP) is 5.03. The molecule has 0 fully saturated rings. The molecule has 2 unspecified atom stereocenters. The van der Waals surface area contributed by atoms with E-state index < -0.39 is 11.7 Å². The highest BCUT2D eigenvalue weighted by Gasteiger charge is 2.42. The lowest BCUT2D eigenvalue weighted by molar-refractivity contribution is -0.0726. The first-order valence-corrected chi connectivity index (χ1v) is 10.1. The van der Waals surface area contributed by atoms with Gasteiger partial charge in [0, 0.05) is 12.5 Å². The Kier molecular flexibility index (Phi) is 6.18. The van der Waals surface area contributed by atoms with Crippen LogP contribution in [0.1, 0.15) is 58.9 Å². The Morgan fingerprint density at radius 2 is 2.00 bits per heavy atom. The van der Waals surface area contributed by atoms with Gasteiger partial charge in [-0.25, -0.2) is 0 Å². The Balaban J connectivity index is 1.76. The molecule has 0 spiro atoms. The normalized spacial score (nSPS) is 21.6. The van der Waals surface area contributed by atoms with Crippen LogP contribution in [-0.2, 0) is 6.42 Å². The number of aliphatic hydroxyl groups is 1. The van der Waals surface area contributed by atoms with E-state index in [1.807, 2.05) is 6.92 Å². The van der Waals surface area contributed by atoms with Gasteiger partial charge in [0.25, 0.3) is 5.95 Å². The van der Waals surface area contributed by atoms with Crippen molar-refractivity contribution in [2.24, 2.45) is 0 Å². The van der Waals surface area contributed by atoms with E-state index >= 15 is 0 Å². The summed E-state index contributed by atoms with van der Waals surface area (Å²) in [6.07, 6.45) is 7.22. The van der Waals surface area contributed by atoms with Gasteiger partial charge in [-0.15, -0.1) is 0 Å². The highest BCUT2D eigenvalue weighted by molar-refractivity contribution is 5.79. The number of rotatable bonds is 6. The lowest BCUT2D eigenvalue weighted by Crippen LogP contribution is -2.50. The second kappa shape index (κ2) is 8.46. The van der Waals surface area contributed by atoms with Gasteiger partial charge < -0.3 is 19.4 Å². The second-order valence-electron chi connectivity index (χ2n) is 8.42. The zero-order chi connectivity index (χ0) is 21.2. The van der Waals surface area contributed by atoms with Crippen molar-refractivity contribution in [2.75, 3.05) is 0 Å². The van der Waals surface area contributed by atoms with Crippen LogP contribution in [-0.4, -0.2) is 21.9 Å². The topological polar surface area (TPSA) is 79.9 Å². The number of hydrogen-bond acceptors (Lipinski definition) is 5. The third kappa shape index (κ3) is 4.73. The van der Waals surface area contributed by atoms with Crippen molar-refractivity contribution >= 4 is 11.0 Å². The van der Waals surface area contributed by atoms with Gasteiger partial charge in [0.05, 0.1) is 17.1 Å². The summed E-state index contributed by atoms with van der Waals surface area (Å²) in [5, 5.41) is 20.8. The molecule has 1 aliphatic heterocycles. The molecule has 5 heteroatoms. The van der Waals surface area contributed by atoms with E-state index in [4.69, 9.17) is 9.15 Å². The molecule has 0 amide bonds. The monoisotopic (exact) mass is 398 g/mol. The molecular formula is C24H30O5. The molecule has 0 saturated carbocycles. The summed E-state index contributed by atoms with van der Waals surface area (Å²) in [6, 6.07) is 4.38. The zero-order valence-electron chi connectivity index (χ0n) is 17.6. The summed E-state index contributed by atoms with van der Waals surface area (Å²) in [5.41, 5.74) is 2.20. The van der Waals surface area contributed by atoms with Crippen LogP contribution in [0.15, 0.2) is 50.7 Å².